The van der Waals surface area contributed by atoms with Gasteiger partial charge < -0.3 is 20.4 Å². The number of nitrogens with one attached hydrogen (secondary N) is 2. The second-order valence-corrected chi connectivity index (χ2v) is 10.4. The Morgan fingerprint density at radius 1 is 0.882 bits per heavy atom. The van der Waals surface area contributed by atoms with E-state index in [2.05, 4.69) is 10.6 Å². The Kier molecular flexibility index (Phi) is 8.48. The summed E-state index contributed by atoms with van der Waals surface area (Å²) in [5, 5.41) is 5.77. The molecule has 0 aromatic heterocycles. The summed E-state index contributed by atoms with van der Waals surface area (Å²) in [4.78, 5) is 53.9. The molecule has 4 rings (SSSR count). The number of benzene rings is 1. The zero-order chi connectivity index (χ0) is 23.9. The predicted molar refractivity (Wildman–Crippen MR) is 130 cm³/mol. The molecule has 184 valence electrons. The van der Waals surface area contributed by atoms with Gasteiger partial charge in [0.25, 0.3) is 5.91 Å². The zero-order valence-corrected chi connectivity index (χ0v) is 20.4. The molecule has 9 heteroatoms. The summed E-state index contributed by atoms with van der Waals surface area (Å²) < 4.78 is 0. The van der Waals surface area contributed by atoms with Crippen LogP contribution in [0.2, 0.25) is 0 Å². The maximum absolute atomic E-state index is 13.2. The van der Waals surface area contributed by atoms with E-state index in [0.29, 0.717) is 37.7 Å². The summed E-state index contributed by atoms with van der Waals surface area (Å²) in [6.07, 6.45) is 8.04. The maximum Gasteiger partial charge on any atom is 0.312 e. The van der Waals surface area contributed by atoms with Crippen molar-refractivity contribution in [3.8, 4) is 0 Å². The standard InChI is InChI=1S/C25H34N4O4S/c30-22(26-16-18-6-2-1-3-7-18)17-34-21-9-5-4-8-20(21)24(32)28-12-14-29(15-13-28)25(33)23(31)27-19-10-11-19/h4-5,8-9,18-19H,1-3,6-7,10-17H2,(H,26,30)(H,27,31). The molecule has 2 saturated carbocycles. The lowest BCUT2D eigenvalue weighted by atomic mass is 9.89. The lowest BCUT2D eigenvalue weighted by Crippen LogP contribution is -2.54. The number of rotatable bonds is 7. The quantitative estimate of drug-likeness (QED) is 0.454. The van der Waals surface area contributed by atoms with Crippen LogP contribution in [0.3, 0.4) is 0 Å². The topological polar surface area (TPSA) is 98.8 Å². The Hall–Kier alpha value is -2.55. The molecule has 0 spiro atoms. The van der Waals surface area contributed by atoms with Crippen LogP contribution < -0.4 is 10.6 Å². The van der Waals surface area contributed by atoms with E-state index in [1.165, 1.54) is 48.8 Å². The smallest absolute Gasteiger partial charge is 0.312 e. The van der Waals surface area contributed by atoms with Gasteiger partial charge in [0.15, 0.2) is 0 Å². The molecule has 3 aliphatic rings. The molecular weight excluding hydrogens is 452 g/mol. The zero-order valence-electron chi connectivity index (χ0n) is 19.6. The fourth-order valence-corrected chi connectivity index (χ4v) is 5.39. The normalized spacial score (nSPS) is 18.9. The molecule has 1 saturated heterocycles. The molecule has 34 heavy (non-hydrogen) atoms. The highest BCUT2D eigenvalue weighted by Crippen LogP contribution is 2.25. The first-order chi connectivity index (χ1) is 16.5. The molecule has 4 amide bonds. The lowest BCUT2D eigenvalue weighted by Gasteiger charge is -2.34. The van der Waals surface area contributed by atoms with E-state index in [-0.39, 0.29) is 23.6 Å². The van der Waals surface area contributed by atoms with E-state index < -0.39 is 11.8 Å². The first-order valence-electron chi connectivity index (χ1n) is 12.4. The van der Waals surface area contributed by atoms with Gasteiger partial charge in [-0.3, -0.25) is 19.2 Å². The van der Waals surface area contributed by atoms with Gasteiger partial charge in [-0.05, 0) is 43.7 Å². The molecule has 0 unspecified atom stereocenters. The molecule has 1 aromatic carbocycles. The van der Waals surface area contributed by atoms with Gasteiger partial charge in [0, 0.05) is 43.7 Å². The van der Waals surface area contributed by atoms with Crippen LogP contribution in [-0.4, -0.2) is 77.9 Å². The summed E-state index contributed by atoms with van der Waals surface area (Å²) in [7, 11) is 0. The van der Waals surface area contributed by atoms with E-state index in [1.54, 1.807) is 11.0 Å². The van der Waals surface area contributed by atoms with Crippen molar-refractivity contribution in [1.82, 2.24) is 20.4 Å². The summed E-state index contributed by atoms with van der Waals surface area (Å²) in [5.74, 6) is -0.327. The minimum Gasteiger partial charge on any atom is -0.355 e. The monoisotopic (exact) mass is 486 g/mol. The summed E-state index contributed by atoms with van der Waals surface area (Å²) in [5.41, 5.74) is 0.568. The maximum atomic E-state index is 13.2. The van der Waals surface area contributed by atoms with Crippen LogP contribution in [0.15, 0.2) is 29.2 Å². The van der Waals surface area contributed by atoms with Gasteiger partial charge >= 0.3 is 11.8 Å². The first kappa shape index (κ1) is 24.6. The Labute approximate surface area is 205 Å². The predicted octanol–water partition coefficient (Wildman–Crippen LogP) is 2.04. The van der Waals surface area contributed by atoms with Gasteiger partial charge in [-0.1, -0.05) is 31.4 Å². The summed E-state index contributed by atoms with van der Waals surface area (Å²) in [6, 6.07) is 7.48. The summed E-state index contributed by atoms with van der Waals surface area (Å²) >= 11 is 1.38. The highest BCUT2D eigenvalue weighted by atomic mass is 32.2. The molecule has 2 aliphatic carbocycles. The second kappa shape index (κ2) is 11.7. The van der Waals surface area contributed by atoms with E-state index in [0.717, 1.165) is 24.3 Å². The largest absolute Gasteiger partial charge is 0.355 e. The molecule has 8 nitrogen and oxygen atoms in total. The van der Waals surface area contributed by atoms with Gasteiger partial charge in [0.05, 0.1) is 11.3 Å². The van der Waals surface area contributed by atoms with Crippen molar-refractivity contribution in [2.75, 3.05) is 38.5 Å². The fourth-order valence-electron chi connectivity index (χ4n) is 4.51. The Morgan fingerprint density at radius 2 is 1.56 bits per heavy atom. The van der Waals surface area contributed by atoms with Crippen LogP contribution in [0.5, 0.6) is 0 Å². The van der Waals surface area contributed by atoms with Gasteiger partial charge in [0.2, 0.25) is 5.91 Å². The number of hydrogen-bond acceptors (Lipinski definition) is 5. The molecular formula is C25H34N4O4S. The molecule has 2 N–H and O–H groups in total. The van der Waals surface area contributed by atoms with Crippen molar-refractivity contribution in [2.24, 2.45) is 5.92 Å². The van der Waals surface area contributed by atoms with Crippen LogP contribution in [0.1, 0.15) is 55.3 Å². The molecule has 0 atom stereocenters. The minimum atomic E-state index is -0.550. The third-order valence-electron chi connectivity index (χ3n) is 6.75. The number of carbonyl (C=O) groups is 4. The van der Waals surface area contributed by atoms with Crippen LogP contribution in [0.25, 0.3) is 0 Å². The number of nitrogens with zero attached hydrogens (tertiary/aromatic N) is 2. The van der Waals surface area contributed by atoms with E-state index in [9.17, 15) is 19.2 Å². The molecule has 1 heterocycles. The third-order valence-corrected chi connectivity index (χ3v) is 7.82. The van der Waals surface area contributed by atoms with Crippen LogP contribution in [-0.2, 0) is 14.4 Å². The Morgan fingerprint density at radius 3 is 2.26 bits per heavy atom. The molecule has 1 aromatic rings. The highest BCUT2D eigenvalue weighted by Gasteiger charge is 2.32. The van der Waals surface area contributed by atoms with Crippen LogP contribution in [0, 0.1) is 5.92 Å². The van der Waals surface area contributed by atoms with Gasteiger partial charge in [-0.15, -0.1) is 11.8 Å². The molecule has 1 aliphatic heterocycles. The van der Waals surface area contributed by atoms with Gasteiger partial charge in [-0.2, -0.15) is 0 Å². The number of piperazine rings is 1. The number of carbonyl (C=O) groups excluding carboxylic acids is 4. The first-order valence-corrected chi connectivity index (χ1v) is 13.4. The van der Waals surface area contributed by atoms with Crippen molar-refractivity contribution in [1.29, 1.82) is 0 Å². The van der Waals surface area contributed by atoms with Crippen molar-refractivity contribution in [3.63, 3.8) is 0 Å². The van der Waals surface area contributed by atoms with Crippen molar-refractivity contribution >= 4 is 35.4 Å². The summed E-state index contributed by atoms with van der Waals surface area (Å²) in [6.45, 7) is 2.16. The number of amides is 4. The van der Waals surface area contributed by atoms with Crippen molar-refractivity contribution in [2.45, 2.75) is 55.9 Å². The third kappa shape index (κ3) is 6.74. The highest BCUT2D eigenvalue weighted by molar-refractivity contribution is 8.00. The molecule has 0 radical (unpaired) electrons. The average molecular weight is 487 g/mol. The average Bonchev–Trinajstić information content (AvgIpc) is 3.70. The Bertz CT molecular complexity index is 906. The van der Waals surface area contributed by atoms with Crippen molar-refractivity contribution in [3.05, 3.63) is 29.8 Å². The molecule has 3 fully saturated rings. The Balaban J connectivity index is 1.25. The van der Waals surface area contributed by atoms with E-state index >= 15 is 0 Å². The van der Waals surface area contributed by atoms with E-state index in [1.807, 2.05) is 18.2 Å². The molecule has 0 bridgehead atoms. The minimum absolute atomic E-state index is 0.00516. The van der Waals surface area contributed by atoms with Crippen LogP contribution in [0.4, 0.5) is 0 Å². The lowest BCUT2D eigenvalue weighted by molar-refractivity contribution is -0.146. The fraction of sp³-hybridized carbons (Fsp3) is 0.600. The van der Waals surface area contributed by atoms with Crippen LogP contribution >= 0.6 is 11.8 Å². The van der Waals surface area contributed by atoms with Gasteiger partial charge in [0.1, 0.15) is 0 Å². The van der Waals surface area contributed by atoms with Gasteiger partial charge in [-0.25, -0.2) is 0 Å². The second-order valence-electron chi connectivity index (χ2n) is 9.43. The number of hydrogen-bond donors (Lipinski definition) is 2. The van der Waals surface area contributed by atoms with Crippen molar-refractivity contribution < 1.29 is 19.2 Å². The number of thioether (sulfide) groups is 1. The van der Waals surface area contributed by atoms with E-state index in [4.69, 9.17) is 0 Å². The SMILES string of the molecule is O=C(CSc1ccccc1C(=O)N1CCN(C(=O)C(=O)NC2CC2)CC1)NCC1CCCCC1.